The van der Waals surface area contributed by atoms with Gasteiger partial charge in [-0.25, -0.2) is 9.97 Å². The van der Waals surface area contributed by atoms with Crippen LogP contribution in [0.5, 0.6) is 11.5 Å². The van der Waals surface area contributed by atoms with Crippen molar-refractivity contribution in [2.45, 2.75) is 0 Å². The Hall–Kier alpha value is -4.53. The summed E-state index contributed by atoms with van der Waals surface area (Å²) in [5.74, 6) is 1.45. The molecule has 0 fully saturated rings. The zero-order valence-corrected chi connectivity index (χ0v) is 16.8. The summed E-state index contributed by atoms with van der Waals surface area (Å²) in [4.78, 5) is 40.6. The second-order valence-electron chi connectivity index (χ2n) is 6.70. The van der Waals surface area contributed by atoms with Crippen LogP contribution in [0.3, 0.4) is 0 Å². The normalized spacial score (nSPS) is 13.9. The second-order valence-corrected chi connectivity index (χ2v) is 6.70. The van der Waals surface area contributed by atoms with Crippen molar-refractivity contribution in [1.29, 1.82) is 0 Å². The van der Waals surface area contributed by atoms with Gasteiger partial charge in [-0.2, -0.15) is 0 Å². The van der Waals surface area contributed by atoms with E-state index >= 15 is 0 Å². The van der Waals surface area contributed by atoms with E-state index in [4.69, 9.17) is 9.47 Å². The number of hydrogen-bond acceptors (Lipinski definition) is 7. The van der Waals surface area contributed by atoms with Gasteiger partial charge in [-0.15, -0.1) is 0 Å². The van der Waals surface area contributed by atoms with Gasteiger partial charge >= 0.3 is 0 Å². The van der Waals surface area contributed by atoms with Crippen molar-refractivity contribution in [3.05, 3.63) is 71.5 Å². The predicted octanol–water partition coefficient (Wildman–Crippen LogP) is 2.81. The smallest absolute Gasteiger partial charge is 0.263 e. The van der Waals surface area contributed by atoms with Crippen LogP contribution in [-0.4, -0.2) is 41.3 Å². The molecule has 0 radical (unpaired) electrons. The lowest BCUT2D eigenvalue weighted by molar-refractivity contribution is -0.119. The van der Waals surface area contributed by atoms with E-state index in [2.05, 4.69) is 20.6 Å². The van der Waals surface area contributed by atoms with E-state index in [1.807, 2.05) is 54.6 Å². The van der Waals surface area contributed by atoms with E-state index in [1.54, 1.807) is 6.07 Å². The minimum atomic E-state index is -0.261. The number of amides is 2. The van der Waals surface area contributed by atoms with Crippen LogP contribution in [-0.2, 0) is 9.59 Å². The van der Waals surface area contributed by atoms with Crippen molar-refractivity contribution in [1.82, 2.24) is 9.97 Å². The van der Waals surface area contributed by atoms with Crippen molar-refractivity contribution >= 4 is 41.9 Å². The number of rotatable bonds is 3. The summed E-state index contributed by atoms with van der Waals surface area (Å²) in [5.41, 5.74) is 2.14. The Bertz CT molecular complexity index is 1190. The first kappa shape index (κ1) is 20.7. The van der Waals surface area contributed by atoms with Crippen LogP contribution >= 0.6 is 0 Å². The average Bonchev–Trinajstić information content (AvgIpc) is 2.83. The fraction of sp³-hybridized carbons (Fsp3) is 0.0870. The number of aldehydes is 1. The highest BCUT2D eigenvalue weighted by molar-refractivity contribution is 5.95. The summed E-state index contributed by atoms with van der Waals surface area (Å²) in [5, 5.41) is 5.19. The number of carbonyl (C=O) groups is 3. The molecular weight excluding hydrogens is 412 g/mol. The fourth-order valence-electron chi connectivity index (χ4n) is 2.86. The van der Waals surface area contributed by atoms with Gasteiger partial charge in [0.25, 0.3) is 11.8 Å². The van der Waals surface area contributed by atoms with Crippen LogP contribution in [0.4, 0.5) is 11.6 Å². The zero-order valence-electron chi connectivity index (χ0n) is 16.8. The van der Waals surface area contributed by atoms with Gasteiger partial charge in [-0.1, -0.05) is 36.4 Å². The quantitative estimate of drug-likeness (QED) is 0.613. The van der Waals surface area contributed by atoms with Crippen molar-refractivity contribution in [2.24, 2.45) is 0 Å². The van der Waals surface area contributed by atoms with Gasteiger partial charge in [0.05, 0.1) is 5.69 Å². The van der Waals surface area contributed by atoms with E-state index < -0.39 is 0 Å². The molecule has 160 valence electrons. The average molecular weight is 430 g/mol. The van der Waals surface area contributed by atoms with E-state index in [9.17, 15) is 14.4 Å². The molecule has 2 aromatic heterocycles. The van der Waals surface area contributed by atoms with Crippen molar-refractivity contribution in [3.8, 4) is 11.5 Å². The van der Waals surface area contributed by atoms with Gasteiger partial charge in [-0.05, 0) is 35.9 Å². The molecule has 2 amide bonds. The third-order valence-electron chi connectivity index (χ3n) is 4.36. The molecule has 4 heterocycles. The van der Waals surface area contributed by atoms with Crippen LogP contribution in [0.1, 0.15) is 21.7 Å². The van der Waals surface area contributed by atoms with Crippen molar-refractivity contribution in [3.63, 3.8) is 0 Å². The summed E-state index contributed by atoms with van der Waals surface area (Å²) >= 11 is 0. The molecule has 2 aliphatic rings. The van der Waals surface area contributed by atoms with Crippen molar-refractivity contribution < 1.29 is 23.9 Å². The summed E-state index contributed by atoms with van der Waals surface area (Å²) in [6.45, 7) is 0.0446. The molecule has 3 aromatic rings. The Labute approximate surface area is 183 Å². The van der Waals surface area contributed by atoms with E-state index in [0.717, 1.165) is 11.3 Å². The number of anilines is 2. The first-order valence-corrected chi connectivity index (χ1v) is 9.66. The zero-order chi connectivity index (χ0) is 22.3. The SMILES string of the molecule is O=C1COc2ccc(/C=C/c3ccccc3)nc2N1.O=Cc1ccc2c(n1)NC(=O)CO2. The number of hydrogen-bond donors (Lipinski definition) is 2. The minimum absolute atomic E-state index is 0.00485. The summed E-state index contributed by atoms with van der Waals surface area (Å²) < 4.78 is 10.3. The molecule has 0 saturated heterocycles. The van der Waals surface area contributed by atoms with Gasteiger partial charge in [0.1, 0.15) is 5.69 Å². The standard InChI is InChI=1S/C15H12N2O2.C8H6N2O3/c18-14-10-19-13-9-8-12(16-15(13)17-14)7-6-11-4-2-1-3-5-11;11-3-5-1-2-6-8(9-5)10-7(12)4-13-6/h1-9H,10H2,(H,16,17,18);1-3H,4H2,(H,9,10,12)/b7-6+;. The Morgan fingerprint density at radius 1 is 0.719 bits per heavy atom. The molecule has 0 saturated carbocycles. The largest absolute Gasteiger partial charge is 0.480 e. The Morgan fingerprint density at radius 2 is 1.28 bits per heavy atom. The third-order valence-corrected chi connectivity index (χ3v) is 4.36. The highest BCUT2D eigenvalue weighted by atomic mass is 16.5. The molecule has 9 heteroatoms. The highest BCUT2D eigenvalue weighted by Crippen LogP contribution is 2.26. The van der Waals surface area contributed by atoms with E-state index in [1.165, 1.54) is 6.07 Å². The Morgan fingerprint density at radius 3 is 1.88 bits per heavy atom. The second kappa shape index (κ2) is 9.52. The summed E-state index contributed by atoms with van der Waals surface area (Å²) in [7, 11) is 0. The Balaban J connectivity index is 0.000000165. The lowest BCUT2D eigenvalue weighted by Crippen LogP contribution is -2.26. The first-order chi connectivity index (χ1) is 15.6. The van der Waals surface area contributed by atoms with E-state index in [-0.39, 0.29) is 30.7 Å². The van der Waals surface area contributed by atoms with E-state index in [0.29, 0.717) is 29.4 Å². The van der Waals surface area contributed by atoms with Crippen LogP contribution < -0.4 is 20.1 Å². The molecule has 5 rings (SSSR count). The van der Waals surface area contributed by atoms with Gasteiger partial charge in [0.2, 0.25) is 0 Å². The maximum atomic E-state index is 11.2. The summed E-state index contributed by atoms with van der Waals surface area (Å²) in [6.07, 6.45) is 4.48. The molecule has 0 spiro atoms. The maximum absolute atomic E-state index is 11.2. The van der Waals surface area contributed by atoms with Gasteiger partial charge in [-0.3, -0.25) is 14.4 Å². The Kier molecular flexibility index (Phi) is 6.17. The maximum Gasteiger partial charge on any atom is 0.263 e. The van der Waals surface area contributed by atoms with Gasteiger partial charge in [0.15, 0.2) is 42.6 Å². The monoisotopic (exact) mass is 430 g/mol. The molecule has 32 heavy (non-hydrogen) atoms. The van der Waals surface area contributed by atoms with Crippen LogP contribution in [0.2, 0.25) is 0 Å². The molecule has 2 N–H and O–H groups in total. The predicted molar refractivity (Wildman–Crippen MR) is 117 cm³/mol. The molecule has 1 aromatic carbocycles. The minimum Gasteiger partial charge on any atom is -0.480 e. The first-order valence-electron chi connectivity index (χ1n) is 9.66. The molecule has 9 nitrogen and oxygen atoms in total. The fourth-order valence-corrected chi connectivity index (χ4v) is 2.86. The molecule has 0 bridgehead atoms. The van der Waals surface area contributed by atoms with Crippen LogP contribution in [0.15, 0.2) is 54.6 Å². The number of ether oxygens (including phenoxy) is 2. The van der Waals surface area contributed by atoms with Crippen LogP contribution in [0.25, 0.3) is 12.2 Å². The third kappa shape index (κ3) is 5.14. The summed E-state index contributed by atoms with van der Waals surface area (Å²) in [6, 6.07) is 16.8. The number of nitrogens with one attached hydrogen (secondary N) is 2. The lowest BCUT2D eigenvalue weighted by atomic mass is 10.2. The molecule has 0 aliphatic carbocycles. The number of aromatic nitrogens is 2. The molecule has 0 atom stereocenters. The number of benzene rings is 1. The number of pyridine rings is 2. The topological polar surface area (TPSA) is 120 Å². The molecular formula is C23H18N4O5. The number of fused-ring (bicyclic) bond motifs is 2. The van der Waals surface area contributed by atoms with Crippen LogP contribution in [0, 0.1) is 0 Å². The highest BCUT2D eigenvalue weighted by Gasteiger charge is 2.17. The molecule has 0 unspecified atom stereocenters. The number of carbonyl (C=O) groups excluding carboxylic acids is 3. The van der Waals surface area contributed by atoms with Crippen molar-refractivity contribution in [2.75, 3.05) is 23.8 Å². The lowest BCUT2D eigenvalue weighted by Gasteiger charge is -2.16. The molecule has 2 aliphatic heterocycles. The van der Waals surface area contributed by atoms with Gasteiger partial charge in [0, 0.05) is 0 Å². The van der Waals surface area contributed by atoms with Gasteiger partial charge < -0.3 is 20.1 Å². The number of nitrogens with zero attached hydrogens (tertiary/aromatic N) is 2.